The van der Waals surface area contributed by atoms with Crippen LogP contribution in [0.5, 0.6) is 0 Å². The Morgan fingerprint density at radius 1 is 1.38 bits per heavy atom. The summed E-state index contributed by atoms with van der Waals surface area (Å²) in [5, 5.41) is 0.748. The van der Waals surface area contributed by atoms with Gasteiger partial charge in [-0.2, -0.15) is 0 Å². The zero-order chi connectivity index (χ0) is 12.0. The maximum Gasteiger partial charge on any atom is 0.0642 e. The summed E-state index contributed by atoms with van der Waals surface area (Å²) in [6, 6.07) is 5.81. The first-order valence-electron chi connectivity index (χ1n) is 5.24. The summed E-state index contributed by atoms with van der Waals surface area (Å²) < 4.78 is 5.03. The van der Waals surface area contributed by atoms with E-state index in [-0.39, 0.29) is 0 Å². The van der Waals surface area contributed by atoms with Crippen molar-refractivity contribution in [2.45, 2.75) is 12.3 Å². The van der Waals surface area contributed by atoms with Crippen molar-refractivity contribution in [3.63, 3.8) is 0 Å². The monoisotopic (exact) mass is 261 g/mol. The van der Waals surface area contributed by atoms with Crippen molar-refractivity contribution in [2.75, 3.05) is 32.2 Å². The Labute approximate surface area is 107 Å². The van der Waals surface area contributed by atoms with Gasteiger partial charge in [0.1, 0.15) is 0 Å². The van der Waals surface area contributed by atoms with Crippen molar-refractivity contribution in [3.8, 4) is 0 Å². The Hall–Kier alpha value is -0.440. The Morgan fingerprint density at radius 2 is 2.12 bits per heavy atom. The van der Waals surface area contributed by atoms with E-state index in [1.54, 1.807) is 7.11 Å². The van der Waals surface area contributed by atoms with E-state index < -0.39 is 0 Å². The normalized spacial score (nSPS) is 10.5. The van der Waals surface area contributed by atoms with Crippen molar-refractivity contribution < 1.29 is 4.74 Å². The fourth-order valence-corrected chi connectivity index (χ4v) is 2.21. The molecule has 0 amide bonds. The summed E-state index contributed by atoms with van der Waals surface area (Å²) in [5.41, 5.74) is 2.09. The van der Waals surface area contributed by atoms with Gasteiger partial charge in [-0.1, -0.05) is 23.7 Å². The summed E-state index contributed by atoms with van der Waals surface area (Å²) >= 11 is 12.1. The average molecular weight is 262 g/mol. The van der Waals surface area contributed by atoms with E-state index in [0.717, 1.165) is 35.8 Å². The standard InChI is InChI=1S/C12H17Cl2NO/c1-15(7-4-8-16-2)12-10(9-13)5-3-6-11(12)14/h3,5-6H,4,7-9H2,1-2H3. The summed E-state index contributed by atoms with van der Waals surface area (Å²) in [6.45, 7) is 1.66. The summed E-state index contributed by atoms with van der Waals surface area (Å²) in [6.07, 6.45) is 0.972. The van der Waals surface area contributed by atoms with Crippen LogP contribution in [0.3, 0.4) is 0 Å². The lowest BCUT2D eigenvalue weighted by Gasteiger charge is -2.23. The van der Waals surface area contributed by atoms with E-state index in [2.05, 4.69) is 4.90 Å². The second kappa shape index (κ2) is 7.00. The topological polar surface area (TPSA) is 12.5 Å². The highest BCUT2D eigenvalue weighted by atomic mass is 35.5. The summed E-state index contributed by atoms with van der Waals surface area (Å²) in [5.74, 6) is 0.477. The predicted octanol–water partition coefficient (Wildman–Crippen LogP) is 3.55. The molecule has 0 radical (unpaired) electrons. The highest BCUT2D eigenvalue weighted by Crippen LogP contribution is 2.30. The fourth-order valence-electron chi connectivity index (χ4n) is 1.65. The van der Waals surface area contributed by atoms with E-state index in [9.17, 15) is 0 Å². The number of hydrogen-bond acceptors (Lipinski definition) is 2. The zero-order valence-electron chi connectivity index (χ0n) is 9.67. The van der Waals surface area contributed by atoms with Crippen LogP contribution in [-0.4, -0.2) is 27.3 Å². The number of anilines is 1. The molecular formula is C12H17Cl2NO. The number of methoxy groups -OCH3 is 1. The molecule has 0 fully saturated rings. The first-order valence-corrected chi connectivity index (χ1v) is 6.15. The number of hydrogen-bond donors (Lipinski definition) is 0. The van der Waals surface area contributed by atoms with Gasteiger partial charge in [-0.05, 0) is 18.1 Å². The summed E-state index contributed by atoms with van der Waals surface area (Å²) in [4.78, 5) is 2.12. The number of nitrogens with zero attached hydrogens (tertiary/aromatic N) is 1. The Balaban J connectivity index is 2.76. The van der Waals surface area contributed by atoms with E-state index in [4.69, 9.17) is 27.9 Å². The van der Waals surface area contributed by atoms with Crippen LogP contribution in [0.1, 0.15) is 12.0 Å². The Bertz CT molecular complexity index is 331. The SMILES string of the molecule is COCCCN(C)c1c(Cl)cccc1CCl. The number of rotatable bonds is 6. The maximum absolute atomic E-state index is 6.18. The molecule has 0 N–H and O–H groups in total. The Morgan fingerprint density at radius 3 is 2.75 bits per heavy atom. The number of alkyl halides is 1. The van der Waals surface area contributed by atoms with Crippen LogP contribution in [0, 0.1) is 0 Å². The van der Waals surface area contributed by atoms with Gasteiger partial charge in [0.15, 0.2) is 0 Å². The number of ether oxygens (including phenoxy) is 1. The molecule has 0 atom stereocenters. The number of halogens is 2. The molecule has 0 aliphatic rings. The first-order chi connectivity index (χ1) is 7.70. The van der Waals surface area contributed by atoms with Gasteiger partial charge in [-0.25, -0.2) is 0 Å². The van der Waals surface area contributed by atoms with Crippen LogP contribution in [0.15, 0.2) is 18.2 Å². The van der Waals surface area contributed by atoms with Crippen LogP contribution in [0.2, 0.25) is 5.02 Å². The molecule has 1 rings (SSSR count). The molecule has 0 heterocycles. The third-order valence-corrected chi connectivity index (χ3v) is 3.03. The molecule has 0 aliphatic carbocycles. The molecule has 0 saturated heterocycles. The molecule has 90 valence electrons. The third kappa shape index (κ3) is 3.55. The number of benzene rings is 1. The molecule has 4 heteroatoms. The molecular weight excluding hydrogens is 245 g/mol. The minimum Gasteiger partial charge on any atom is -0.385 e. The highest BCUT2D eigenvalue weighted by molar-refractivity contribution is 6.33. The molecule has 0 spiro atoms. The van der Waals surface area contributed by atoms with Gasteiger partial charge in [0.25, 0.3) is 0 Å². The summed E-state index contributed by atoms with van der Waals surface area (Å²) in [7, 11) is 3.73. The van der Waals surface area contributed by atoms with Gasteiger partial charge in [-0.15, -0.1) is 11.6 Å². The number of para-hydroxylation sites is 1. The van der Waals surface area contributed by atoms with Crippen LogP contribution in [-0.2, 0) is 10.6 Å². The van der Waals surface area contributed by atoms with E-state index in [0.29, 0.717) is 5.88 Å². The lowest BCUT2D eigenvalue weighted by atomic mass is 10.2. The maximum atomic E-state index is 6.18. The van der Waals surface area contributed by atoms with Gasteiger partial charge in [0.05, 0.1) is 10.7 Å². The first kappa shape index (κ1) is 13.6. The van der Waals surface area contributed by atoms with Crippen molar-refractivity contribution in [1.29, 1.82) is 0 Å². The molecule has 0 saturated carbocycles. The zero-order valence-corrected chi connectivity index (χ0v) is 11.2. The van der Waals surface area contributed by atoms with Gasteiger partial charge >= 0.3 is 0 Å². The van der Waals surface area contributed by atoms with E-state index in [1.165, 1.54) is 0 Å². The van der Waals surface area contributed by atoms with Crippen molar-refractivity contribution in [1.82, 2.24) is 0 Å². The second-order valence-corrected chi connectivity index (χ2v) is 4.32. The van der Waals surface area contributed by atoms with Crippen molar-refractivity contribution in [3.05, 3.63) is 28.8 Å². The van der Waals surface area contributed by atoms with Crippen LogP contribution in [0.4, 0.5) is 5.69 Å². The van der Waals surface area contributed by atoms with Gasteiger partial charge in [0, 0.05) is 33.2 Å². The van der Waals surface area contributed by atoms with Crippen LogP contribution < -0.4 is 4.90 Å². The Kier molecular flexibility index (Phi) is 5.96. The molecule has 0 bridgehead atoms. The van der Waals surface area contributed by atoms with E-state index >= 15 is 0 Å². The van der Waals surface area contributed by atoms with E-state index in [1.807, 2.05) is 25.2 Å². The quantitative estimate of drug-likeness (QED) is 0.574. The van der Waals surface area contributed by atoms with Gasteiger partial charge < -0.3 is 9.64 Å². The lowest BCUT2D eigenvalue weighted by molar-refractivity contribution is 0.196. The minimum atomic E-state index is 0.477. The second-order valence-electron chi connectivity index (χ2n) is 3.65. The van der Waals surface area contributed by atoms with Crippen molar-refractivity contribution in [2.24, 2.45) is 0 Å². The lowest BCUT2D eigenvalue weighted by Crippen LogP contribution is -2.21. The largest absolute Gasteiger partial charge is 0.385 e. The third-order valence-electron chi connectivity index (χ3n) is 2.44. The molecule has 16 heavy (non-hydrogen) atoms. The predicted molar refractivity (Wildman–Crippen MR) is 70.8 cm³/mol. The minimum absolute atomic E-state index is 0.477. The van der Waals surface area contributed by atoms with Crippen molar-refractivity contribution >= 4 is 28.9 Å². The molecule has 1 aromatic carbocycles. The molecule has 0 aliphatic heterocycles. The molecule has 1 aromatic rings. The van der Waals surface area contributed by atoms with Gasteiger partial charge in [0.2, 0.25) is 0 Å². The smallest absolute Gasteiger partial charge is 0.0642 e. The molecule has 0 unspecified atom stereocenters. The average Bonchev–Trinajstić information content (AvgIpc) is 2.28. The van der Waals surface area contributed by atoms with Crippen LogP contribution in [0.25, 0.3) is 0 Å². The molecule has 0 aromatic heterocycles. The van der Waals surface area contributed by atoms with Gasteiger partial charge in [-0.3, -0.25) is 0 Å². The van der Waals surface area contributed by atoms with Crippen LogP contribution >= 0.6 is 23.2 Å². The highest BCUT2D eigenvalue weighted by Gasteiger charge is 2.10. The fraction of sp³-hybridized carbons (Fsp3) is 0.500. The molecule has 2 nitrogen and oxygen atoms in total.